The van der Waals surface area contributed by atoms with Gasteiger partial charge in [-0.2, -0.15) is 0 Å². The van der Waals surface area contributed by atoms with Crippen LogP contribution in [-0.4, -0.2) is 72.9 Å². The molecular formula is C13H24N2O3. The quantitative estimate of drug-likeness (QED) is 0.756. The molecule has 5 heteroatoms. The molecule has 0 saturated carbocycles. The molecule has 2 rings (SSSR count). The predicted molar refractivity (Wildman–Crippen MR) is 68.7 cm³/mol. The Morgan fingerprint density at radius 1 is 1.39 bits per heavy atom. The third-order valence-electron chi connectivity index (χ3n) is 3.89. The van der Waals surface area contributed by atoms with Crippen molar-refractivity contribution in [3.8, 4) is 0 Å². The van der Waals surface area contributed by atoms with Crippen LogP contribution in [0.25, 0.3) is 0 Å². The summed E-state index contributed by atoms with van der Waals surface area (Å²) in [7, 11) is 2.09. The van der Waals surface area contributed by atoms with Crippen molar-refractivity contribution in [2.75, 3.05) is 39.8 Å². The molecule has 0 amide bonds. The Kier molecular flexibility index (Phi) is 4.97. The molecule has 0 bridgehead atoms. The second-order valence-electron chi connectivity index (χ2n) is 5.47. The van der Waals surface area contributed by atoms with Crippen LogP contribution in [0, 0.1) is 0 Å². The van der Waals surface area contributed by atoms with E-state index in [0.29, 0.717) is 6.42 Å². The van der Waals surface area contributed by atoms with Crippen LogP contribution in [0.3, 0.4) is 0 Å². The fourth-order valence-electron chi connectivity index (χ4n) is 2.78. The van der Waals surface area contributed by atoms with Crippen molar-refractivity contribution in [3.05, 3.63) is 0 Å². The van der Waals surface area contributed by atoms with Gasteiger partial charge in [-0.1, -0.05) is 0 Å². The molecule has 0 aromatic heterocycles. The smallest absolute Gasteiger partial charge is 0.332 e. The van der Waals surface area contributed by atoms with Gasteiger partial charge in [0.2, 0.25) is 0 Å². The highest BCUT2D eigenvalue weighted by atomic mass is 16.5. The first-order valence-corrected chi connectivity index (χ1v) is 6.94. The monoisotopic (exact) mass is 256 g/mol. The van der Waals surface area contributed by atoms with Gasteiger partial charge in [-0.15, -0.1) is 0 Å². The molecule has 2 heterocycles. The Morgan fingerprint density at radius 2 is 2.11 bits per heavy atom. The Hall–Kier alpha value is -0.650. The number of hydrogen-bond donors (Lipinski definition) is 1. The van der Waals surface area contributed by atoms with Gasteiger partial charge in [-0.05, 0) is 45.8 Å². The molecule has 2 atom stereocenters. The molecule has 5 nitrogen and oxygen atoms in total. The Morgan fingerprint density at radius 3 is 2.72 bits per heavy atom. The molecule has 0 aromatic rings. The van der Waals surface area contributed by atoms with Crippen molar-refractivity contribution < 1.29 is 14.6 Å². The number of likely N-dealkylation sites (N-methyl/N-ethyl adjacent to an activating group) is 1. The summed E-state index contributed by atoms with van der Waals surface area (Å²) < 4.78 is 5.51. The number of hydrogen-bond acceptors (Lipinski definition) is 4. The average molecular weight is 256 g/mol. The van der Waals surface area contributed by atoms with E-state index in [2.05, 4.69) is 16.8 Å². The number of aliphatic carboxylic acids is 1. The normalized spacial score (nSPS) is 29.2. The number of ether oxygens (including phenoxy) is 1. The molecule has 2 aliphatic rings. The van der Waals surface area contributed by atoms with E-state index >= 15 is 0 Å². The molecule has 18 heavy (non-hydrogen) atoms. The van der Waals surface area contributed by atoms with Gasteiger partial charge < -0.3 is 19.6 Å². The third-order valence-corrected chi connectivity index (χ3v) is 3.89. The van der Waals surface area contributed by atoms with Crippen molar-refractivity contribution in [2.45, 2.75) is 37.9 Å². The lowest BCUT2D eigenvalue weighted by Crippen LogP contribution is -2.36. The fraction of sp³-hybridized carbons (Fsp3) is 0.923. The van der Waals surface area contributed by atoms with Gasteiger partial charge in [0, 0.05) is 19.6 Å². The highest BCUT2D eigenvalue weighted by molar-refractivity contribution is 5.72. The number of nitrogens with zero attached hydrogens (tertiary/aromatic N) is 2. The maximum Gasteiger partial charge on any atom is 0.332 e. The van der Waals surface area contributed by atoms with Crippen LogP contribution in [0.2, 0.25) is 0 Å². The molecule has 2 aliphatic heterocycles. The van der Waals surface area contributed by atoms with Crippen molar-refractivity contribution in [3.63, 3.8) is 0 Å². The van der Waals surface area contributed by atoms with Crippen LogP contribution in [0.15, 0.2) is 0 Å². The summed E-state index contributed by atoms with van der Waals surface area (Å²) in [5.41, 5.74) is 0. The molecule has 2 unspecified atom stereocenters. The molecule has 1 N–H and O–H groups in total. The first-order valence-electron chi connectivity index (χ1n) is 6.94. The molecule has 104 valence electrons. The Bertz CT molecular complexity index is 279. The number of carbonyl (C=O) groups is 1. The van der Waals surface area contributed by atoms with E-state index in [0.717, 1.165) is 26.1 Å². The number of likely N-dealkylation sites (tertiary alicyclic amines) is 1. The summed E-state index contributed by atoms with van der Waals surface area (Å²) in [5.74, 6) is -0.822. The summed E-state index contributed by atoms with van der Waals surface area (Å²) in [5, 5.41) is 8.87. The summed E-state index contributed by atoms with van der Waals surface area (Å²) >= 11 is 0. The number of carboxylic acid groups (broad SMARTS) is 1. The minimum absolute atomic E-state index is 0.0923. The molecule has 2 saturated heterocycles. The van der Waals surface area contributed by atoms with Crippen LogP contribution in [0.5, 0.6) is 0 Å². The van der Waals surface area contributed by atoms with Gasteiger partial charge in [-0.3, -0.25) is 0 Å². The second kappa shape index (κ2) is 6.50. The van der Waals surface area contributed by atoms with Crippen molar-refractivity contribution in [1.82, 2.24) is 9.80 Å². The maximum atomic E-state index is 10.8. The van der Waals surface area contributed by atoms with Gasteiger partial charge in [0.05, 0.1) is 6.10 Å². The first kappa shape index (κ1) is 13.8. The zero-order valence-corrected chi connectivity index (χ0v) is 11.2. The minimum Gasteiger partial charge on any atom is -0.479 e. The Balaban J connectivity index is 1.62. The summed E-state index contributed by atoms with van der Waals surface area (Å²) in [6.07, 6.45) is 3.69. The lowest BCUT2D eigenvalue weighted by atomic mass is 10.2. The van der Waals surface area contributed by atoms with Crippen LogP contribution in [0.4, 0.5) is 0 Å². The largest absolute Gasteiger partial charge is 0.479 e. The van der Waals surface area contributed by atoms with Gasteiger partial charge in [0.25, 0.3) is 0 Å². The first-order chi connectivity index (χ1) is 8.65. The van der Waals surface area contributed by atoms with Crippen molar-refractivity contribution >= 4 is 5.97 Å². The minimum atomic E-state index is -0.822. The zero-order valence-electron chi connectivity index (χ0n) is 11.2. The second-order valence-corrected chi connectivity index (χ2v) is 5.47. The lowest BCUT2D eigenvalue weighted by molar-refractivity contribution is -0.149. The molecule has 2 fully saturated rings. The highest BCUT2D eigenvalue weighted by Crippen LogP contribution is 2.20. The highest BCUT2D eigenvalue weighted by Gasteiger charge is 2.30. The van der Waals surface area contributed by atoms with Crippen LogP contribution in [-0.2, 0) is 9.53 Å². The van der Waals surface area contributed by atoms with Crippen molar-refractivity contribution in [2.24, 2.45) is 0 Å². The lowest BCUT2D eigenvalue weighted by Gasteiger charge is -2.23. The van der Waals surface area contributed by atoms with Gasteiger partial charge in [0.15, 0.2) is 6.10 Å². The van der Waals surface area contributed by atoms with E-state index in [9.17, 15) is 4.79 Å². The Labute approximate surface area is 109 Å². The molecule has 0 aliphatic carbocycles. The van der Waals surface area contributed by atoms with E-state index in [4.69, 9.17) is 9.84 Å². The fourth-order valence-corrected chi connectivity index (χ4v) is 2.78. The van der Waals surface area contributed by atoms with Crippen LogP contribution in [0.1, 0.15) is 25.7 Å². The van der Waals surface area contributed by atoms with Crippen molar-refractivity contribution in [1.29, 1.82) is 0 Å². The van der Waals surface area contributed by atoms with E-state index in [1.54, 1.807) is 0 Å². The average Bonchev–Trinajstić information content (AvgIpc) is 2.96. The summed E-state index contributed by atoms with van der Waals surface area (Å²) in [4.78, 5) is 15.5. The van der Waals surface area contributed by atoms with E-state index in [1.165, 1.54) is 25.9 Å². The van der Waals surface area contributed by atoms with Gasteiger partial charge >= 0.3 is 5.97 Å². The predicted octanol–water partition coefficient (Wildman–Crippen LogP) is 0.646. The van der Waals surface area contributed by atoms with E-state index in [-0.39, 0.29) is 6.10 Å². The molecule has 0 spiro atoms. The summed E-state index contributed by atoms with van der Waals surface area (Å²) in [6, 6.07) is 0. The zero-order chi connectivity index (χ0) is 13.0. The van der Waals surface area contributed by atoms with Crippen LogP contribution >= 0.6 is 0 Å². The van der Waals surface area contributed by atoms with E-state index in [1.807, 2.05) is 0 Å². The van der Waals surface area contributed by atoms with Gasteiger partial charge in [-0.25, -0.2) is 4.79 Å². The maximum absolute atomic E-state index is 10.8. The van der Waals surface area contributed by atoms with Gasteiger partial charge in [0.1, 0.15) is 0 Å². The number of carboxylic acids is 1. The number of rotatable bonds is 6. The van der Waals surface area contributed by atoms with Crippen LogP contribution < -0.4 is 0 Å². The topological polar surface area (TPSA) is 53.0 Å². The molecular weight excluding hydrogens is 232 g/mol. The molecule has 0 radical (unpaired) electrons. The summed E-state index contributed by atoms with van der Waals surface area (Å²) in [6.45, 7) is 5.46. The third kappa shape index (κ3) is 3.93. The SMILES string of the molecule is CN(CCN1CCCC1)CC1CCC(C(=O)O)O1. The molecule has 0 aromatic carbocycles. The standard InChI is InChI=1S/C13H24N2O3/c1-14(8-9-15-6-2-3-7-15)10-11-4-5-12(18-11)13(16)17/h11-12H,2-10H2,1H3,(H,16,17). The van der Waals surface area contributed by atoms with E-state index < -0.39 is 12.1 Å².